The van der Waals surface area contributed by atoms with Gasteiger partial charge in [-0.15, -0.1) is 4.40 Å². The predicted octanol–water partition coefficient (Wildman–Crippen LogP) is 1.77. The Morgan fingerprint density at radius 1 is 1.00 bits per heavy atom. The molecule has 0 aliphatic carbocycles. The van der Waals surface area contributed by atoms with Crippen LogP contribution >= 0.6 is 0 Å². The van der Waals surface area contributed by atoms with Crippen LogP contribution in [0.15, 0.2) is 77.1 Å². The van der Waals surface area contributed by atoms with Gasteiger partial charge in [0.05, 0.1) is 11.3 Å². The maximum atomic E-state index is 12.8. The summed E-state index contributed by atoms with van der Waals surface area (Å²) in [5.74, 6) is -0.811. The Kier molecular flexibility index (Phi) is 5.15. The smallest absolute Gasteiger partial charge is 0.259 e. The van der Waals surface area contributed by atoms with Gasteiger partial charge in [0.1, 0.15) is 0 Å². The van der Waals surface area contributed by atoms with Crippen LogP contribution in [0.3, 0.4) is 0 Å². The van der Waals surface area contributed by atoms with Crippen LogP contribution in [0.1, 0.15) is 10.4 Å². The Morgan fingerprint density at radius 2 is 1.70 bits per heavy atom. The average molecular weight is 423 g/mol. The van der Waals surface area contributed by atoms with Gasteiger partial charge in [-0.3, -0.25) is 14.6 Å². The number of carbonyl (C=O) groups is 2. The van der Waals surface area contributed by atoms with Gasteiger partial charge < -0.3 is 15.5 Å². The largest absolute Gasteiger partial charge is 0.331 e. The van der Waals surface area contributed by atoms with E-state index in [0.29, 0.717) is 16.9 Å². The van der Waals surface area contributed by atoms with Gasteiger partial charge in [0.15, 0.2) is 5.84 Å². The first-order valence-corrected chi connectivity index (χ1v) is 10.6. The topological polar surface area (TPSA) is 121 Å². The fraction of sp³-hybridized carbons (Fsp3) is 0.100. The van der Waals surface area contributed by atoms with E-state index in [-0.39, 0.29) is 29.6 Å². The molecule has 4 rings (SSSR count). The van der Waals surface area contributed by atoms with Crippen LogP contribution in [-0.4, -0.2) is 48.2 Å². The van der Waals surface area contributed by atoms with Crippen molar-refractivity contribution >= 4 is 39.0 Å². The van der Waals surface area contributed by atoms with Crippen LogP contribution in [0, 0.1) is 0 Å². The zero-order valence-corrected chi connectivity index (χ0v) is 16.5. The standard InChI is InChI=1S/C20H17N5O4S/c26-19(14-6-8-21-9-7-14)22-15-3-1-4-16(13-15)23-20(27)17-5-2-10-25-11-12-30(28,29)24-18(17)25/h1-10,13H,11-12H2,(H,22,26)(H,23,27). The molecule has 2 amide bonds. The quantitative estimate of drug-likeness (QED) is 0.773. The van der Waals surface area contributed by atoms with E-state index in [1.165, 1.54) is 18.5 Å². The number of benzene rings is 1. The molecule has 2 N–H and O–H groups in total. The minimum Gasteiger partial charge on any atom is -0.331 e. The number of pyridine rings is 1. The summed E-state index contributed by atoms with van der Waals surface area (Å²) in [7, 11) is -3.60. The number of allylic oxidation sites excluding steroid dienone is 2. The molecule has 30 heavy (non-hydrogen) atoms. The number of fused-ring (bicyclic) bond motifs is 1. The molecule has 0 atom stereocenters. The highest BCUT2D eigenvalue weighted by molar-refractivity contribution is 7.90. The van der Waals surface area contributed by atoms with Crippen LogP contribution in [0.4, 0.5) is 11.4 Å². The van der Waals surface area contributed by atoms with E-state index >= 15 is 0 Å². The molecule has 2 aliphatic heterocycles. The van der Waals surface area contributed by atoms with Crippen molar-refractivity contribution in [2.75, 3.05) is 22.9 Å². The second kappa shape index (κ2) is 7.91. The molecule has 0 saturated carbocycles. The second-order valence-electron chi connectivity index (χ2n) is 6.54. The highest BCUT2D eigenvalue weighted by atomic mass is 32.2. The van der Waals surface area contributed by atoms with Crippen molar-refractivity contribution in [3.63, 3.8) is 0 Å². The van der Waals surface area contributed by atoms with Crippen molar-refractivity contribution < 1.29 is 18.0 Å². The highest BCUT2D eigenvalue weighted by Gasteiger charge is 2.30. The lowest BCUT2D eigenvalue weighted by atomic mass is 10.1. The molecule has 0 spiro atoms. The van der Waals surface area contributed by atoms with E-state index in [0.717, 1.165) is 0 Å². The number of hydrogen-bond donors (Lipinski definition) is 2. The lowest BCUT2D eigenvalue weighted by Gasteiger charge is -2.28. The van der Waals surface area contributed by atoms with Crippen LogP contribution in [0.2, 0.25) is 0 Å². The van der Waals surface area contributed by atoms with Gasteiger partial charge in [0.2, 0.25) is 0 Å². The summed E-state index contributed by atoms with van der Waals surface area (Å²) in [6.07, 6.45) is 7.90. The maximum absolute atomic E-state index is 12.8. The first-order chi connectivity index (χ1) is 14.4. The van der Waals surface area contributed by atoms with E-state index in [1.807, 2.05) is 0 Å². The summed E-state index contributed by atoms with van der Waals surface area (Å²) in [6.45, 7) is 0.235. The van der Waals surface area contributed by atoms with Crippen molar-refractivity contribution in [1.82, 2.24) is 9.88 Å². The number of hydrogen-bond acceptors (Lipinski definition) is 6. The molecule has 1 aromatic carbocycles. The van der Waals surface area contributed by atoms with Crippen molar-refractivity contribution in [3.8, 4) is 0 Å². The molecule has 3 heterocycles. The average Bonchev–Trinajstić information content (AvgIpc) is 2.73. The van der Waals surface area contributed by atoms with Crippen LogP contribution in [-0.2, 0) is 14.8 Å². The third-order valence-corrected chi connectivity index (χ3v) is 5.57. The number of nitrogens with one attached hydrogen (secondary N) is 2. The fourth-order valence-electron chi connectivity index (χ4n) is 2.97. The van der Waals surface area contributed by atoms with Crippen LogP contribution < -0.4 is 10.6 Å². The maximum Gasteiger partial charge on any atom is 0.259 e. The van der Waals surface area contributed by atoms with E-state index < -0.39 is 15.9 Å². The van der Waals surface area contributed by atoms with Gasteiger partial charge >= 0.3 is 0 Å². The molecule has 0 fully saturated rings. The SMILES string of the molecule is O=C(Nc1cccc(NC(=O)c2ccncc2)c1)C1=CC=CN2CCS(=O)(=O)N=C12. The fourth-order valence-corrected chi connectivity index (χ4v) is 3.96. The number of amidine groups is 1. The van der Waals surface area contributed by atoms with E-state index in [9.17, 15) is 18.0 Å². The predicted molar refractivity (Wildman–Crippen MR) is 112 cm³/mol. The van der Waals surface area contributed by atoms with Gasteiger partial charge in [0, 0.05) is 42.1 Å². The lowest BCUT2D eigenvalue weighted by Crippen LogP contribution is -2.40. The summed E-state index contributed by atoms with van der Waals surface area (Å²) in [6, 6.07) is 9.83. The third-order valence-electron chi connectivity index (χ3n) is 4.42. The van der Waals surface area contributed by atoms with E-state index in [2.05, 4.69) is 20.0 Å². The van der Waals surface area contributed by atoms with E-state index in [4.69, 9.17) is 0 Å². The third kappa shape index (κ3) is 4.28. The van der Waals surface area contributed by atoms with Crippen molar-refractivity contribution in [2.24, 2.45) is 4.40 Å². The molecule has 152 valence electrons. The summed E-state index contributed by atoms with van der Waals surface area (Å²) in [5.41, 5.74) is 1.53. The van der Waals surface area contributed by atoms with Gasteiger partial charge in [0.25, 0.3) is 21.8 Å². The monoisotopic (exact) mass is 423 g/mol. The molecular formula is C20H17N5O4S. The highest BCUT2D eigenvalue weighted by Crippen LogP contribution is 2.21. The molecule has 10 heteroatoms. The van der Waals surface area contributed by atoms with Crippen LogP contribution in [0.25, 0.3) is 0 Å². The van der Waals surface area contributed by atoms with Crippen LogP contribution in [0.5, 0.6) is 0 Å². The van der Waals surface area contributed by atoms with Gasteiger partial charge in [-0.1, -0.05) is 6.07 Å². The zero-order chi connectivity index (χ0) is 21.1. The first kappa shape index (κ1) is 19.5. The molecule has 0 radical (unpaired) electrons. The number of anilines is 2. The molecule has 0 saturated heterocycles. The number of nitrogens with zero attached hydrogens (tertiary/aromatic N) is 3. The first-order valence-electron chi connectivity index (χ1n) is 9.02. The minimum atomic E-state index is -3.60. The molecular weight excluding hydrogens is 406 g/mol. The Morgan fingerprint density at radius 3 is 2.43 bits per heavy atom. The Labute approximate surface area is 172 Å². The normalized spacial score (nSPS) is 16.7. The van der Waals surface area contributed by atoms with E-state index in [1.54, 1.807) is 53.6 Å². The molecule has 2 aliphatic rings. The molecule has 1 aromatic heterocycles. The van der Waals surface area contributed by atoms with Crippen molar-refractivity contribution in [2.45, 2.75) is 0 Å². The Hall–Kier alpha value is -3.79. The number of rotatable bonds is 4. The lowest BCUT2D eigenvalue weighted by molar-refractivity contribution is -0.112. The summed E-state index contributed by atoms with van der Waals surface area (Å²) >= 11 is 0. The number of sulfonamides is 1. The number of amides is 2. The van der Waals surface area contributed by atoms with Gasteiger partial charge in [-0.25, -0.2) is 8.42 Å². The van der Waals surface area contributed by atoms with Gasteiger partial charge in [-0.05, 0) is 42.5 Å². The summed E-state index contributed by atoms with van der Waals surface area (Å²) in [4.78, 5) is 30.6. The number of carbonyl (C=O) groups excluding carboxylic acids is 2. The minimum absolute atomic E-state index is 0.100. The number of aromatic nitrogens is 1. The second-order valence-corrected chi connectivity index (χ2v) is 8.30. The zero-order valence-electron chi connectivity index (χ0n) is 15.6. The summed E-state index contributed by atoms with van der Waals surface area (Å²) in [5, 5.41) is 5.47. The molecule has 9 nitrogen and oxygen atoms in total. The Bertz CT molecular complexity index is 1200. The Balaban J connectivity index is 1.51. The summed E-state index contributed by atoms with van der Waals surface area (Å²) < 4.78 is 27.5. The molecule has 2 aromatic rings. The van der Waals surface area contributed by atoms with Crippen molar-refractivity contribution in [3.05, 3.63) is 78.3 Å². The molecule has 0 bridgehead atoms. The molecule has 0 unspecified atom stereocenters. The van der Waals surface area contributed by atoms with Crippen molar-refractivity contribution in [1.29, 1.82) is 0 Å². The van der Waals surface area contributed by atoms with Gasteiger partial charge in [-0.2, -0.15) is 0 Å².